The number of rotatable bonds is 2. The van der Waals surface area contributed by atoms with Gasteiger partial charge in [0.15, 0.2) is 0 Å². The van der Waals surface area contributed by atoms with Crippen LogP contribution in [0.2, 0.25) is 0 Å². The molecule has 104 valence electrons. The lowest BCUT2D eigenvalue weighted by molar-refractivity contribution is -0.130. The van der Waals surface area contributed by atoms with Crippen LogP contribution in [0.3, 0.4) is 0 Å². The Hall–Kier alpha value is -2.02. The average molecular weight is 269 g/mol. The predicted molar refractivity (Wildman–Crippen MR) is 77.3 cm³/mol. The van der Waals surface area contributed by atoms with Crippen molar-refractivity contribution in [3.8, 4) is 6.07 Å². The van der Waals surface area contributed by atoms with Gasteiger partial charge in [-0.2, -0.15) is 5.26 Å². The minimum atomic E-state index is 0.335. The first-order chi connectivity index (χ1) is 9.78. The third kappa shape index (κ3) is 2.49. The fourth-order valence-electron chi connectivity index (χ4n) is 3.24. The van der Waals surface area contributed by atoms with Crippen LogP contribution in [0.15, 0.2) is 24.3 Å². The van der Waals surface area contributed by atoms with Gasteiger partial charge in [0.2, 0.25) is 5.91 Å². The highest BCUT2D eigenvalue weighted by Gasteiger charge is 2.30. The van der Waals surface area contributed by atoms with Crippen LogP contribution in [-0.4, -0.2) is 36.5 Å². The van der Waals surface area contributed by atoms with E-state index in [-0.39, 0.29) is 0 Å². The summed E-state index contributed by atoms with van der Waals surface area (Å²) in [6, 6.07) is 10.3. The Balaban J connectivity index is 1.60. The molecule has 2 heterocycles. The molecule has 0 aliphatic carbocycles. The molecule has 2 saturated heterocycles. The molecule has 2 aliphatic heterocycles. The van der Waals surface area contributed by atoms with Crippen molar-refractivity contribution in [3.05, 3.63) is 29.8 Å². The zero-order valence-corrected chi connectivity index (χ0v) is 11.6. The maximum atomic E-state index is 11.8. The van der Waals surface area contributed by atoms with E-state index in [0.29, 0.717) is 17.5 Å². The van der Waals surface area contributed by atoms with Gasteiger partial charge in [0.05, 0.1) is 11.6 Å². The van der Waals surface area contributed by atoms with E-state index < -0.39 is 0 Å². The largest absolute Gasteiger partial charge is 0.371 e. The van der Waals surface area contributed by atoms with Gasteiger partial charge in [0.25, 0.3) is 0 Å². The molecule has 3 rings (SSSR count). The van der Waals surface area contributed by atoms with Crippen LogP contribution < -0.4 is 4.90 Å². The number of anilines is 1. The standard InChI is InChI=1S/C16H19N3O/c17-12-13-3-5-14(6-4-13)18-10-7-15(8-11-18)19-9-1-2-16(19)20/h3-6,15H,1-2,7-11H2. The lowest BCUT2D eigenvalue weighted by Gasteiger charge is -2.37. The monoisotopic (exact) mass is 269 g/mol. The molecule has 2 fully saturated rings. The van der Waals surface area contributed by atoms with Crippen molar-refractivity contribution in [1.82, 2.24) is 4.90 Å². The van der Waals surface area contributed by atoms with Gasteiger partial charge in [0, 0.05) is 37.8 Å². The second kappa shape index (κ2) is 5.54. The number of carbonyl (C=O) groups excluding carboxylic acids is 1. The van der Waals surface area contributed by atoms with Gasteiger partial charge in [-0.1, -0.05) is 0 Å². The van der Waals surface area contributed by atoms with Crippen LogP contribution in [0.5, 0.6) is 0 Å². The SMILES string of the molecule is N#Cc1ccc(N2CCC(N3CCCC3=O)CC2)cc1. The fraction of sp³-hybridized carbons (Fsp3) is 0.500. The van der Waals surface area contributed by atoms with Crippen LogP contribution in [0, 0.1) is 11.3 Å². The Morgan fingerprint density at radius 2 is 1.80 bits per heavy atom. The third-order valence-corrected chi connectivity index (χ3v) is 4.38. The molecule has 0 atom stereocenters. The lowest BCUT2D eigenvalue weighted by Crippen LogP contribution is -2.45. The van der Waals surface area contributed by atoms with E-state index in [4.69, 9.17) is 5.26 Å². The first-order valence-electron chi connectivity index (χ1n) is 7.32. The topological polar surface area (TPSA) is 47.3 Å². The molecule has 0 radical (unpaired) electrons. The maximum Gasteiger partial charge on any atom is 0.222 e. The van der Waals surface area contributed by atoms with Gasteiger partial charge in [-0.25, -0.2) is 0 Å². The number of hydrogen-bond donors (Lipinski definition) is 0. The van der Waals surface area contributed by atoms with Crippen molar-refractivity contribution < 1.29 is 4.79 Å². The number of nitrogens with zero attached hydrogens (tertiary/aromatic N) is 3. The summed E-state index contributed by atoms with van der Waals surface area (Å²) >= 11 is 0. The molecule has 0 bridgehead atoms. The van der Waals surface area contributed by atoms with E-state index in [1.54, 1.807) is 0 Å². The van der Waals surface area contributed by atoms with E-state index in [1.165, 1.54) is 5.69 Å². The molecular formula is C16H19N3O. The second-order valence-corrected chi connectivity index (χ2v) is 5.57. The van der Waals surface area contributed by atoms with E-state index in [2.05, 4.69) is 15.9 Å². The maximum absolute atomic E-state index is 11.8. The third-order valence-electron chi connectivity index (χ3n) is 4.38. The zero-order valence-electron chi connectivity index (χ0n) is 11.6. The number of benzene rings is 1. The number of piperidine rings is 1. The van der Waals surface area contributed by atoms with Crippen molar-refractivity contribution in [2.45, 2.75) is 31.7 Å². The number of carbonyl (C=O) groups is 1. The highest BCUT2D eigenvalue weighted by molar-refractivity contribution is 5.78. The minimum absolute atomic E-state index is 0.335. The molecule has 20 heavy (non-hydrogen) atoms. The van der Waals surface area contributed by atoms with Crippen LogP contribution in [0.1, 0.15) is 31.2 Å². The van der Waals surface area contributed by atoms with Gasteiger partial charge in [0.1, 0.15) is 0 Å². The summed E-state index contributed by atoms with van der Waals surface area (Å²) in [7, 11) is 0. The van der Waals surface area contributed by atoms with Gasteiger partial charge in [-0.05, 0) is 43.5 Å². The van der Waals surface area contributed by atoms with E-state index in [9.17, 15) is 4.79 Å². The first-order valence-corrected chi connectivity index (χ1v) is 7.32. The summed E-state index contributed by atoms with van der Waals surface area (Å²) in [6.07, 6.45) is 3.85. The molecule has 4 heteroatoms. The summed E-state index contributed by atoms with van der Waals surface area (Å²) in [5.41, 5.74) is 1.88. The molecular weight excluding hydrogens is 250 g/mol. The highest BCUT2D eigenvalue weighted by atomic mass is 16.2. The predicted octanol–water partition coefficient (Wildman–Crippen LogP) is 2.15. The quantitative estimate of drug-likeness (QED) is 0.826. The van der Waals surface area contributed by atoms with Crippen molar-refractivity contribution in [1.29, 1.82) is 5.26 Å². The Morgan fingerprint density at radius 1 is 1.10 bits per heavy atom. The molecule has 0 spiro atoms. The van der Waals surface area contributed by atoms with E-state index in [1.807, 2.05) is 24.3 Å². The van der Waals surface area contributed by atoms with Gasteiger partial charge < -0.3 is 9.80 Å². The van der Waals surface area contributed by atoms with Crippen LogP contribution in [-0.2, 0) is 4.79 Å². The number of nitriles is 1. The summed E-state index contributed by atoms with van der Waals surface area (Å²) in [5.74, 6) is 0.335. The number of likely N-dealkylation sites (tertiary alicyclic amines) is 1. The minimum Gasteiger partial charge on any atom is -0.371 e. The van der Waals surface area contributed by atoms with Gasteiger partial charge in [-0.15, -0.1) is 0 Å². The molecule has 4 nitrogen and oxygen atoms in total. The average Bonchev–Trinajstić information content (AvgIpc) is 2.94. The summed E-state index contributed by atoms with van der Waals surface area (Å²) < 4.78 is 0. The van der Waals surface area contributed by atoms with Crippen molar-refractivity contribution >= 4 is 11.6 Å². The van der Waals surface area contributed by atoms with Crippen molar-refractivity contribution in [2.75, 3.05) is 24.5 Å². The Labute approximate surface area is 119 Å². The van der Waals surface area contributed by atoms with Crippen molar-refractivity contribution in [2.24, 2.45) is 0 Å². The van der Waals surface area contributed by atoms with Crippen LogP contribution >= 0.6 is 0 Å². The summed E-state index contributed by atoms with van der Waals surface area (Å²) in [6.45, 7) is 2.92. The zero-order chi connectivity index (χ0) is 13.9. The number of amides is 1. The lowest BCUT2D eigenvalue weighted by atomic mass is 10.0. The molecule has 0 aromatic heterocycles. The molecule has 0 unspecified atom stereocenters. The van der Waals surface area contributed by atoms with E-state index in [0.717, 1.165) is 45.3 Å². The fourth-order valence-corrected chi connectivity index (χ4v) is 3.24. The van der Waals surface area contributed by atoms with E-state index >= 15 is 0 Å². The van der Waals surface area contributed by atoms with Crippen LogP contribution in [0.4, 0.5) is 5.69 Å². The van der Waals surface area contributed by atoms with Crippen molar-refractivity contribution in [3.63, 3.8) is 0 Å². The second-order valence-electron chi connectivity index (χ2n) is 5.57. The van der Waals surface area contributed by atoms with Crippen LogP contribution in [0.25, 0.3) is 0 Å². The Bertz CT molecular complexity index is 524. The summed E-state index contributed by atoms with van der Waals surface area (Å²) in [4.78, 5) is 16.2. The highest BCUT2D eigenvalue weighted by Crippen LogP contribution is 2.25. The number of hydrogen-bond acceptors (Lipinski definition) is 3. The summed E-state index contributed by atoms with van der Waals surface area (Å²) in [5, 5.41) is 8.82. The normalized spacial score (nSPS) is 20.2. The Morgan fingerprint density at radius 3 is 2.35 bits per heavy atom. The molecule has 1 aromatic rings. The Kier molecular flexibility index (Phi) is 3.60. The van der Waals surface area contributed by atoms with Gasteiger partial charge in [-0.3, -0.25) is 4.79 Å². The molecule has 0 N–H and O–H groups in total. The molecule has 2 aliphatic rings. The molecule has 1 aromatic carbocycles. The first kappa shape index (κ1) is 13.0. The molecule has 1 amide bonds. The smallest absolute Gasteiger partial charge is 0.222 e. The molecule has 0 saturated carbocycles. The van der Waals surface area contributed by atoms with Gasteiger partial charge >= 0.3 is 0 Å².